The molecule has 1 aromatic heterocycles. The number of hydrogen-bond acceptors (Lipinski definition) is 3. The Morgan fingerprint density at radius 2 is 1.93 bits per heavy atom. The molecule has 2 rings (SSSR count). The van der Waals surface area contributed by atoms with Gasteiger partial charge in [-0.25, -0.2) is 0 Å². The molecule has 1 aliphatic rings. The van der Waals surface area contributed by atoms with Crippen LogP contribution < -0.4 is 0 Å². The third-order valence-corrected chi connectivity index (χ3v) is 3.98. The number of aldehydes is 1. The Bertz CT molecular complexity index is 390. The van der Waals surface area contributed by atoms with Crippen LogP contribution in [0.15, 0.2) is 0 Å². The summed E-state index contributed by atoms with van der Waals surface area (Å²) in [5.74, 6) is 0.0984. The average Bonchev–Trinajstić information content (AvgIpc) is 2.56. The molecule has 0 saturated heterocycles. The van der Waals surface area contributed by atoms with Gasteiger partial charge in [0.15, 0.2) is 12.1 Å². The second-order valence-electron chi connectivity index (χ2n) is 3.63. The highest BCUT2D eigenvalue weighted by Crippen LogP contribution is 2.33. The van der Waals surface area contributed by atoms with Crippen LogP contribution >= 0.6 is 11.3 Å². The van der Waals surface area contributed by atoms with Crippen LogP contribution in [-0.2, 0) is 12.8 Å². The molecule has 14 heavy (non-hydrogen) atoms. The Morgan fingerprint density at radius 3 is 2.50 bits per heavy atom. The van der Waals surface area contributed by atoms with Gasteiger partial charge in [-0.2, -0.15) is 0 Å². The largest absolute Gasteiger partial charge is 0.297 e. The maximum absolute atomic E-state index is 11.3. The minimum Gasteiger partial charge on any atom is -0.297 e. The maximum Gasteiger partial charge on any atom is 0.170 e. The van der Waals surface area contributed by atoms with Crippen LogP contribution in [-0.4, -0.2) is 12.1 Å². The van der Waals surface area contributed by atoms with Crippen LogP contribution in [0, 0.1) is 0 Å². The first-order valence-corrected chi connectivity index (χ1v) is 5.66. The average molecular weight is 208 g/mol. The molecule has 0 spiro atoms. The summed E-state index contributed by atoms with van der Waals surface area (Å²) >= 11 is 1.37. The summed E-state index contributed by atoms with van der Waals surface area (Å²) in [7, 11) is 0. The van der Waals surface area contributed by atoms with Gasteiger partial charge in [-0.1, -0.05) is 0 Å². The highest BCUT2D eigenvalue weighted by atomic mass is 32.1. The lowest BCUT2D eigenvalue weighted by Crippen LogP contribution is -2.04. The minimum absolute atomic E-state index is 0.0984. The molecular weight excluding hydrogens is 196 g/mol. The Labute approximate surface area is 86.9 Å². The van der Waals surface area contributed by atoms with E-state index in [-0.39, 0.29) is 5.78 Å². The molecule has 0 amide bonds. The molecule has 0 saturated carbocycles. The van der Waals surface area contributed by atoms with Gasteiger partial charge in [0.05, 0.1) is 9.75 Å². The van der Waals surface area contributed by atoms with E-state index in [0.29, 0.717) is 0 Å². The predicted molar refractivity (Wildman–Crippen MR) is 56.4 cm³/mol. The van der Waals surface area contributed by atoms with E-state index in [1.54, 1.807) is 6.92 Å². The molecule has 0 fully saturated rings. The van der Waals surface area contributed by atoms with Crippen molar-refractivity contribution in [2.24, 2.45) is 0 Å². The van der Waals surface area contributed by atoms with Crippen molar-refractivity contribution < 1.29 is 9.59 Å². The summed E-state index contributed by atoms with van der Waals surface area (Å²) in [6.07, 6.45) is 5.10. The van der Waals surface area contributed by atoms with Crippen molar-refractivity contribution in [3.63, 3.8) is 0 Å². The molecule has 0 radical (unpaired) electrons. The molecule has 1 aliphatic carbocycles. The van der Waals surface area contributed by atoms with Gasteiger partial charge in [0, 0.05) is 0 Å². The van der Waals surface area contributed by atoms with Crippen molar-refractivity contribution in [1.29, 1.82) is 0 Å². The first-order valence-electron chi connectivity index (χ1n) is 4.84. The third kappa shape index (κ3) is 1.42. The molecule has 0 unspecified atom stereocenters. The van der Waals surface area contributed by atoms with Crippen molar-refractivity contribution in [3.05, 3.63) is 20.9 Å². The fourth-order valence-electron chi connectivity index (χ4n) is 2.04. The number of ketones is 1. The number of hydrogen-bond donors (Lipinski definition) is 0. The number of fused-ring (bicyclic) bond motifs is 1. The highest BCUT2D eigenvalue weighted by molar-refractivity contribution is 7.16. The lowest BCUT2D eigenvalue weighted by Gasteiger charge is -2.12. The van der Waals surface area contributed by atoms with E-state index in [1.165, 1.54) is 11.3 Å². The van der Waals surface area contributed by atoms with Crippen LogP contribution in [0.2, 0.25) is 0 Å². The van der Waals surface area contributed by atoms with E-state index < -0.39 is 0 Å². The van der Waals surface area contributed by atoms with Crippen LogP contribution in [0.25, 0.3) is 0 Å². The normalized spacial score (nSPS) is 14.9. The number of carbonyl (C=O) groups excluding carboxylic acids is 2. The van der Waals surface area contributed by atoms with E-state index in [1.807, 2.05) is 0 Å². The zero-order valence-electron chi connectivity index (χ0n) is 8.13. The van der Waals surface area contributed by atoms with E-state index in [4.69, 9.17) is 0 Å². The van der Waals surface area contributed by atoms with Crippen LogP contribution in [0.4, 0.5) is 0 Å². The van der Waals surface area contributed by atoms with Crippen molar-refractivity contribution in [3.8, 4) is 0 Å². The standard InChI is InChI=1S/C11H12O2S/c1-7(13)11-9-5-3-2-4-8(9)10(6-12)14-11/h6H,2-5H2,1H3. The summed E-state index contributed by atoms with van der Waals surface area (Å²) < 4.78 is 0. The van der Waals surface area contributed by atoms with Crippen LogP contribution in [0.3, 0.4) is 0 Å². The second kappa shape index (κ2) is 3.65. The Morgan fingerprint density at radius 1 is 1.29 bits per heavy atom. The summed E-state index contributed by atoms with van der Waals surface area (Å²) in [4.78, 5) is 23.7. The van der Waals surface area contributed by atoms with E-state index in [0.717, 1.165) is 52.9 Å². The molecule has 0 aliphatic heterocycles. The number of rotatable bonds is 2. The molecule has 0 bridgehead atoms. The lowest BCUT2D eigenvalue weighted by molar-refractivity contribution is 0.102. The number of thiophene rings is 1. The third-order valence-electron chi connectivity index (χ3n) is 2.68. The topological polar surface area (TPSA) is 34.1 Å². The highest BCUT2D eigenvalue weighted by Gasteiger charge is 2.22. The van der Waals surface area contributed by atoms with Crippen molar-refractivity contribution in [2.75, 3.05) is 0 Å². The molecule has 1 aromatic rings. The van der Waals surface area contributed by atoms with E-state index in [9.17, 15) is 9.59 Å². The zero-order chi connectivity index (χ0) is 10.1. The molecule has 0 N–H and O–H groups in total. The quantitative estimate of drug-likeness (QED) is 0.553. The van der Waals surface area contributed by atoms with Gasteiger partial charge in [0.1, 0.15) is 0 Å². The van der Waals surface area contributed by atoms with Gasteiger partial charge in [-0.05, 0) is 43.7 Å². The molecule has 0 atom stereocenters. The summed E-state index contributed by atoms with van der Waals surface area (Å²) in [6, 6.07) is 0. The van der Waals surface area contributed by atoms with Gasteiger partial charge in [0.25, 0.3) is 0 Å². The van der Waals surface area contributed by atoms with Gasteiger partial charge < -0.3 is 0 Å². The fourth-order valence-corrected chi connectivity index (χ4v) is 3.15. The molecule has 0 aromatic carbocycles. The van der Waals surface area contributed by atoms with Gasteiger partial charge in [0.2, 0.25) is 0 Å². The Balaban J connectivity index is 2.57. The zero-order valence-corrected chi connectivity index (χ0v) is 8.95. The molecule has 3 heteroatoms. The maximum atomic E-state index is 11.3. The number of carbonyl (C=O) groups is 2. The first kappa shape index (κ1) is 9.59. The summed E-state index contributed by atoms with van der Waals surface area (Å²) in [5, 5.41) is 0. The Kier molecular flexibility index (Phi) is 2.50. The summed E-state index contributed by atoms with van der Waals surface area (Å²) in [6.45, 7) is 1.58. The molecule has 74 valence electrons. The predicted octanol–water partition coefficient (Wildman–Crippen LogP) is 2.64. The Hall–Kier alpha value is -0.960. The minimum atomic E-state index is 0.0984. The molecular formula is C11H12O2S. The van der Waals surface area contributed by atoms with Crippen LogP contribution in [0.1, 0.15) is 50.2 Å². The number of Topliss-reactive ketones (excluding diaryl/α,β-unsaturated/α-hetero) is 1. The molecule has 2 nitrogen and oxygen atoms in total. The second-order valence-corrected chi connectivity index (χ2v) is 4.69. The van der Waals surface area contributed by atoms with Crippen LogP contribution in [0.5, 0.6) is 0 Å². The van der Waals surface area contributed by atoms with Gasteiger partial charge in [-0.15, -0.1) is 11.3 Å². The van der Waals surface area contributed by atoms with Gasteiger partial charge in [-0.3, -0.25) is 9.59 Å². The fraction of sp³-hybridized carbons (Fsp3) is 0.455. The summed E-state index contributed by atoms with van der Waals surface area (Å²) in [5.41, 5.74) is 2.29. The molecule has 1 heterocycles. The lowest BCUT2D eigenvalue weighted by atomic mass is 9.91. The van der Waals surface area contributed by atoms with Crippen molar-refractivity contribution in [1.82, 2.24) is 0 Å². The smallest absolute Gasteiger partial charge is 0.170 e. The SMILES string of the molecule is CC(=O)c1sc(C=O)c2c1CCCC2. The van der Waals surface area contributed by atoms with Crippen molar-refractivity contribution >= 4 is 23.4 Å². The van der Waals surface area contributed by atoms with Crippen molar-refractivity contribution in [2.45, 2.75) is 32.6 Å². The van der Waals surface area contributed by atoms with E-state index in [2.05, 4.69) is 0 Å². The first-order chi connectivity index (χ1) is 6.74. The van der Waals surface area contributed by atoms with E-state index >= 15 is 0 Å². The monoisotopic (exact) mass is 208 g/mol. The van der Waals surface area contributed by atoms with Gasteiger partial charge >= 0.3 is 0 Å².